The Balaban J connectivity index is 3.27. The fourth-order valence-corrected chi connectivity index (χ4v) is 1.25. The molecule has 1 aromatic rings. The molecule has 1 aromatic carbocycles. The van der Waals surface area contributed by atoms with Crippen LogP contribution in [0.4, 0.5) is 0 Å². The van der Waals surface area contributed by atoms with E-state index < -0.39 is 31.0 Å². The molecular formula is C15H20O2. The predicted octanol–water partition coefficient (Wildman–Crippen LogP) is 3.98. The average Bonchev–Trinajstić information content (AvgIpc) is 2.49. The van der Waals surface area contributed by atoms with Crippen molar-refractivity contribution in [3.05, 3.63) is 47.7 Å². The van der Waals surface area contributed by atoms with Crippen LogP contribution in [0, 0.1) is 0 Å². The van der Waals surface area contributed by atoms with E-state index in [1.165, 1.54) is 12.1 Å². The largest absolute Gasteiger partial charge is 0.501 e. The molecule has 0 atom stereocenters. The first-order valence-corrected chi connectivity index (χ1v) is 5.58. The van der Waals surface area contributed by atoms with Crippen LogP contribution in [0.15, 0.2) is 42.1 Å². The maximum Gasteiger partial charge on any atom is 0.189 e. The zero-order valence-corrected chi connectivity index (χ0v) is 9.82. The summed E-state index contributed by atoms with van der Waals surface area (Å²) < 4.78 is 50.2. The summed E-state index contributed by atoms with van der Waals surface area (Å²) >= 11 is 0. The van der Waals surface area contributed by atoms with Crippen LogP contribution in [0.5, 0.6) is 0 Å². The second-order valence-corrected chi connectivity index (χ2v) is 3.53. The van der Waals surface area contributed by atoms with Crippen LogP contribution in [0.2, 0.25) is 0 Å². The highest BCUT2D eigenvalue weighted by atomic mass is 16.5. The van der Waals surface area contributed by atoms with E-state index in [2.05, 4.69) is 0 Å². The third-order valence-electron chi connectivity index (χ3n) is 2.18. The van der Waals surface area contributed by atoms with Crippen molar-refractivity contribution in [1.29, 1.82) is 0 Å². The number of carbonyl (C=O) groups is 1. The van der Waals surface area contributed by atoms with E-state index in [1.54, 1.807) is 18.2 Å². The van der Waals surface area contributed by atoms with Crippen molar-refractivity contribution in [3.63, 3.8) is 0 Å². The van der Waals surface area contributed by atoms with Gasteiger partial charge in [-0.05, 0) is 6.42 Å². The van der Waals surface area contributed by atoms with Crippen LogP contribution in [-0.2, 0) is 4.74 Å². The van der Waals surface area contributed by atoms with Gasteiger partial charge in [0.05, 0.1) is 18.3 Å². The van der Waals surface area contributed by atoms with Crippen LogP contribution in [-0.4, -0.2) is 12.8 Å². The Morgan fingerprint density at radius 2 is 2.24 bits per heavy atom. The van der Waals surface area contributed by atoms with E-state index >= 15 is 0 Å². The van der Waals surface area contributed by atoms with Gasteiger partial charge in [0.15, 0.2) is 5.78 Å². The minimum atomic E-state index is -2.93. The molecule has 0 radical (unpaired) electrons. The van der Waals surface area contributed by atoms with E-state index in [9.17, 15) is 4.79 Å². The Hall–Kier alpha value is -1.57. The number of carbonyl (C=O) groups excluding carboxylic acids is 1. The maximum absolute atomic E-state index is 12.3. The molecule has 0 aromatic heterocycles. The summed E-state index contributed by atoms with van der Waals surface area (Å²) in [6.07, 6.45) is -1.06. The van der Waals surface area contributed by atoms with Gasteiger partial charge in [-0.2, -0.15) is 0 Å². The number of ether oxygens (including phenoxy) is 1. The van der Waals surface area contributed by atoms with Crippen molar-refractivity contribution < 1.29 is 17.8 Å². The summed E-state index contributed by atoms with van der Waals surface area (Å²) in [5.74, 6) is -1.51. The summed E-state index contributed by atoms with van der Waals surface area (Å²) in [7, 11) is -2.93. The van der Waals surface area contributed by atoms with Crippen LogP contribution in [0.1, 0.15) is 51.1 Å². The molecule has 92 valence electrons. The molecule has 0 amide bonds. The molecule has 0 saturated heterocycles. The second kappa shape index (κ2) is 7.66. The van der Waals surface area contributed by atoms with Gasteiger partial charge in [0.1, 0.15) is 0 Å². The zero-order chi connectivity index (χ0) is 17.7. The smallest absolute Gasteiger partial charge is 0.189 e. The fourth-order valence-electron chi connectivity index (χ4n) is 1.25. The average molecular weight is 238 g/mol. The lowest BCUT2D eigenvalue weighted by atomic mass is 10.1. The van der Waals surface area contributed by atoms with Crippen LogP contribution in [0.25, 0.3) is 0 Å². The van der Waals surface area contributed by atoms with Crippen molar-refractivity contribution in [3.8, 4) is 0 Å². The summed E-state index contributed by atoms with van der Waals surface area (Å²) in [5, 5.41) is 0. The molecule has 0 spiro atoms. The number of methoxy groups -OCH3 is 1. The Kier molecular flexibility index (Phi) is 3.15. The number of benzene rings is 1. The number of hydrogen-bond acceptors (Lipinski definition) is 2. The standard InChI is InChI=1S/C15H20O2/c1-3-4-6-11-14(17-2)12-15(16)13-9-7-5-8-10-13/h5,7-10,12H,3-4,6,11H2,1-2H3/b14-12+/i2D3,11D2,12D. The Morgan fingerprint density at radius 1 is 1.47 bits per heavy atom. The maximum atomic E-state index is 12.3. The van der Waals surface area contributed by atoms with Gasteiger partial charge in [0.25, 0.3) is 0 Å². The number of ketones is 1. The molecule has 0 unspecified atom stereocenters. The minimum absolute atomic E-state index is 0.0284. The Morgan fingerprint density at radius 3 is 2.88 bits per heavy atom. The van der Waals surface area contributed by atoms with E-state index in [-0.39, 0.29) is 12.0 Å². The first-order valence-electron chi connectivity index (χ1n) is 8.58. The van der Waals surface area contributed by atoms with Gasteiger partial charge in [-0.25, -0.2) is 0 Å². The number of allylic oxidation sites excluding steroid dienone is 2. The molecule has 1 rings (SSSR count). The topological polar surface area (TPSA) is 26.3 Å². The molecule has 2 heteroatoms. The lowest BCUT2D eigenvalue weighted by molar-refractivity contribution is 0.104. The molecule has 0 N–H and O–H groups in total. The highest BCUT2D eigenvalue weighted by Gasteiger charge is 2.04. The Bertz CT molecular complexity index is 563. The van der Waals surface area contributed by atoms with Gasteiger partial charge in [-0.1, -0.05) is 50.1 Å². The van der Waals surface area contributed by atoms with Crippen molar-refractivity contribution in [1.82, 2.24) is 0 Å². The molecule has 0 aliphatic rings. The number of hydrogen-bond donors (Lipinski definition) is 0. The van der Waals surface area contributed by atoms with E-state index in [0.717, 1.165) is 0 Å². The number of rotatable bonds is 7. The molecular weight excluding hydrogens is 212 g/mol. The fraction of sp³-hybridized carbons (Fsp3) is 0.400. The van der Waals surface area contributed by atoms with E-state index in [4.69, 9.17) is 13.0 Å². The Labute approximate surface area is 112 Å². The monoisotopic (exact) mass is 238 g/mol. The quantitative estimate of drug-likeness (QED) is 0.408. The summed E-state index contributed by atoms with van der Waals surface area (Å²) in [4.78, 5) is 12.3. The molecule has 0 aliphatic carbocycles. The van der Waals surface area contributed by atoms with Gasteiger partial charge in [0.2, 0.25) is 0 Å². The van der Waals surface area contributed by atoms with Gasteiger partial charge < -0.3 is 4.74 Å². The van der Waals surface area contributed by atoms with E-state index in [1.807, 2.05) is 6.92 Å². The minimum Gasteiger partial charge on any atom is -0.501 e. The first-order chi connectivity index (χ1) is 10.6. The van der Waals surface area contributed by atoms with Crippen molar-refractivity contribution in [2.75, 3.05) is 7.04 Å². The zero-order valence-electron chi connectivity index (χ0n) is 15.8. The molecule has 2 nitrogen and oxygen atoms in total. The first kappa shape index (κ1) is 7.00. The third-order valence-corrected chi connectivity index (χ3v) is 2.18. The van der Waals surface area contributed by atoms with Crippen LogP contribution in [0.3, 0.4) is 0 Å². The lowest BCUT2D eigenvalue weighted by Gasteiger charge is -2.05. The molecule has 0 heterocycles. The molecule has 0 fully saturated rings. The molecule has 0 saturated carbocycles. The molecule has 17 heavy (non-hydrogen) atoms. The molecule has 0 aliphatic heterocycles. The van der Waals surface area contributed by atoms with Crippen molar-refractivity contribution >= 4 is 5.78 Å². The highest BCUT2D eigenvalue weighted by molar-refractivity contribution is 6.04. The summed E-state index contributed by atoms with van der Waals surface area (Å²) in [6, 6.07) is 7.10. The number of unbranched alkanes of at least 4 members (excludes halogenated alkanes) is 1. The SMILES string of the molecule is [2H]/C(C(=O)c1ccccc1)=C(\OC([2H])([2H])[2H])C([2H])([2H])CCCC. The van der Waals surface area contributed by atoms with Gasteiger partial charge in [-0.15, -0.1) is 0 Å². The second-order valence-electron chi connectivity index (χ2n) is 3.53. The highest BCUT2D eigenvalue weighted by Crippen LogP contribution is 2.11. The van der Waals surface area contributed by atoms with Gasteiger partial charge >= 0.3 is 0 Å². The van der Waals surface area contributed by atoms with Gasteiger partial charge in [-0.3, -0.25) is 4.79 Å². The normalized spacial score (nSPS) is 18.6. The van der Waals surface area contributed by atoms with Crippen molar-refractivity contribution in [2.45, 2.75) is 32.6 Å². The van der Waals surface area contributed by atoms with Crippen LogP contribution >= 0.6 is 0 Å². The third kappa shape index (κ3) is 4.85. The summed E-state index contributed by atoms with van der Waals surface area (Å²) in [6.45, 7) is 1.86. The van der Waals surface area contributed by atoms with Crippen molar-refractivity contribution in [2.24, 2.45) is 0 Å². The van der Waals surface area contributed by atoms with Crippen LogP contribution < -0.4 is 0 Å². The van der Waals surface area contributed by atoms with Gasteiger partial charge in [0, 0.05) is 20.7 Å². The predicted molar refractivity (Wildman–Crippen MR) is 70.0 cm³/mol. The summed E-state index contributed by atoms with van der Waals surface area (Å²) in [5.41, 5.74) is 0.176. The van der Waals surface area contributed by atoms with E-state index in [0.29, 0.717) is 12.8 Å². The molecule has 0 bridgehead atoms. The lowest BCUT2D eigenvalue weighted by Crippen LogP contribution is -1.98.